The minimum atomic E-state index is -1.08. The molecule has 4 N–H and O–H groups in total. The lowest BCUT2D eigenvalue weighted by Gasteiger charge is -2.70. The van der Waals surface area contributed by atoms with E-state index in [4.69, 9.17) is 15.2 Å². The summed E-state index contributed by atoms with van der Waals surface area (Å²) < 4.78 is 15.4. The van der Waals surface area contributed by atoms with Gasteiger partial charge in [0.15, 0.2) is 5.78 Å². The second-order valence-electron chi connectivity index (χ2n) is 19.2. The van der Waals surface area contributed by atoms with Crippen LogP contribution in [-0.2, 0) is 19.1 Å². The molecule has 1 aromatic heterocycles. The number of amides is 1. The van der Waals surface area contributed by atoms with Crippen LogP contribution in [0.3, 0.4) is 0 Å². The number of ether oxygens (including phenoxy) is 2. The van der Waals surface area contributed by atoms with E-state index >= 15 is 4.79 Å². The molecule has 4 aliphatic carbocycles. The fourth-order valence-corrected chi connectivity index (χ4v) is 12.7. The van der Waals surface area contributed by atoms with Crippen molar-refractivity contribution in [1.82, 2.24) is 20.1 Å². The zero-order chi connectivity index (χ0) is 38.4. The number of ketones is 1. The van der Waals surface area contributed by atoms with Crippen LogP contribution in [0.2, 0.25) is 0 Å². The molecule has 2 heterocycles. The van der Waals surface area contributed by atoms with E-state index in [-0.39, 0.29) is 52.8 Å². The molecule has 2 bridgehead atoms. The molecule has 4 fully saturated rings. The van der Waals surface area contributed by atoms with Gasteiger partial charge in [0.1, 0.15) is 6.33 Å². The van der Waals surface area contributed by atoms with Crippen LogP contribution in [0.25, 0.3) is 0 Å². The second kappa shape index (κ2) is 13.0. The van der Waals surface area contributed by atoms with E-state index in [1.54, 1.807) is 4.68 Å². The molecule has 1 aromatic rings. The van der Waals surface area contributed by atoms with Gasteiger partial charge in [-0.2, -0.15) is 5.10 Å². The maximum absolute atomic E-state index is 15.1. The van der Waals surface area contributed by atoms with E-state index in [0.717, 1.165) is 37.8 Å². The van der Waals surface area contributed by atoms with Gasteiger partial charge in [-0.25, -0.2) is 9.67 Å². The fraction of sp³-hybridized carbons (Fsp3) is 0.829. The minimum absolute atomic E-state index is 0.000573. The summed E-state index contributed by atoms with van der Waals surface area (Å²) in [4.78, 5) is 45.6. The van der Waals surface area contributed by atoms with Gasteiger partial charge >= 0.3 is 5.97 Å². The summed E-state index contributed by atoms with van der Waals surface area (Å²) in [5.41, 5.74) is 3.47. The third-order valence-electron chi connectivity index (χ3n) is 16.5. The number of carbonyl (C=O) groups is 3. The Morgan fingerprint density at radius 2 is 1.83 bits per heavy atom. The molecule has 52 heavy (non-hydrogen) atoms. The molecular formula is C41H65N5O6. The molecule has 1 unspecified atom stereocenters. The summed E-state index contributed by atoms with van der Waals surface area (Å²) in [7, 11) is 0. The summed E-state index contributed by atoms with van der Waals surface area (Å²) in [5.74, 6) is -1.51. The van der Waals surface area contributed by atoms with Gasteiger partial charge in [0, 0.05) is 21.8 Å². The highest BCUT2D eigenvalue weighted by molar-refractivity contribution is 6.00. The molecule has 11 heteroatoms. The van der Waals surface area contributed by atoms with Crippen LogP contribution in [0.15, 0.2) is 18.0 Å². The van der Waals surface area contributed by atoms with E-state index in [1.165, 1.54) is 6.33 Å². The zero-order valence-corrected chi connectivity index (χ0v) is 33.5. The quantitative estimate of drug-likeness (QED) is 0.246. The maximum atomic E-state index is 15.1. The van der Waals surface area contributed by atoms with Crippen molar-refractivity contribution in [3.8, 4) is 0 Å². The predicted molar refractivity (Wildman–Crippen MR) is 198 cm³/mol. The first-order chi connectivity index (χ1) is 24.2. The van der Waals surface area contributed by atoms with Crippen LogP contribution >= 0.6 is 0 Å². The standard InChI is InChI=1S/C41H65N5O6/c1-12-44-39(10,24(4)5)20-52-32-28(46-34(33(42)48)43-22-45-46)18-41-21-51-19-37(32,8)29(41)14-13-26-27(41)17-30(47)40(11)31(35(49)50)36(7,25(6)23(2)3)15-16-38(26,40)9/h17,22-26,28-29,31-32,44H,12-16,18-21H2,1-11H3,(H2,42,48)(H,49,50)/t25-,26+,28-,29+,31-,32+,36-,37+,38-,39+,40+,41?/m1/s1. The SMILES string of the molecule is CCN[C@@](C)(CO[C@H]1[C@H](n2ncnc2C(N)=O)CC23COC[C@@]1(C)[C@@H]2CC[C@H]1C3=CC(=O)[C@@]2(C)[C@H](C(=O)O)[C@@](C)([C@H](C)C(C)C)CC[C@]12C)C(C)C. The number of likely N-dealkylation sites (N-methyl/N-ethyl adjacent to an activating group) is 1. The van der Waals surface area contributed by atoms with Crippen molar-refractivity contribution < 1.29 is 29.0 Å². The van der Waals surface area contributed by atoms with Gasteiger partial charge in [0.2, 0.25) is 5.82 Å². The van der Waals surface area contributed by atoms with Gasteiger partial charge in [-0.3, -0.25) is 14.4 Å². The smallest absolute Gasteiger partial charge is 0.308 e. The highest BCUT2D eigenvalue weighted by Crippen LogP contribution is 2.75. The van der Waals surface area contributed by atoms with Gasteiger partial charge in [0.25, 0.3) is 5.91 Å². The molecule has 1 saturated heterocycles. The Morgan fingerprint density at radius 3 is 2.42 bits per heavy atom. The molecule has 0 radical (unpaired) electrons. The zero-order valence-electron chi connectivity index (χ0n) is 33.5. The molecule has 1 amide bonds. The molecular weight excluding hydrogens is 658 g/mol. The Bertz CT molecular complexity index is 1620. The number of carboxylic acids is 1. The molecule has 12 atom stereocenters. The number of aliphatic carboxylic acids is 1. The molecule has 3 saturated carbocycles. The molecule has 290 valence electrons. The summed E-state index contributed by atoms with van der Waals surface area (Å²) in [5, 5.41) is 19.3. The Balaban J connectivity index is 1.50. The number of rotatable bonds is 11. The molecule has 0 aromatic carbocycles. The largest absolute Gasteiger partial charge is 0.481 e. The van der Waals surface area contributed by atoms with Crippen molar-refractivity contribution >= 4 is 17.7 Å². The van der Waals surface area contributed by atoms with E-state index in [2.05, 4.69) is 84.6 Å². The number of nitrogens with two attached hydrogens (primary N) is 1. The summed E-state index contributed by atoms with van der Waals surface area (Å²) >= 11 is 0. The molecule has 1 aliphatic heterocycles. The lowest BCUT2D eigenvalue weighted by Crippen LogP contribution is -2.70. The average molecular weight is 724 g/mol. The van der Waals surface area contributed by atoms with Crippen molar-refractivity contribution in [2.24, 2.45) is 68.3 Å². The summed E-state index contributed by atoms with van der Waals surface area (Å²) in [6, 6.07) is -0.405. The van der Waals surface area contributed by atoms with Crippen molar-refractivity contribution in [1.29, 1.82) is 0 Å². The summed E-state index contributed by atoms with van der Waals surface area (Å²) in [6.45, 7) is 25.8. The third kappa shape index (κ3) is 5.24. The van der Waals surface area contributed by atoms with Crippen LogP contribution in [0, 0.1) is 62.6 Å². The van der Waals surface area contributed by atoms with Crippen molar-refractivity contribution in [2.45, 2.75) is 126 Å². The lowest BCUT2D eigenvalue weighted by molar-refractivity contribution is -0.251. The van der Waals surface area contributed by atoms with Gasteiger partial charge < -0.3 is 25.6 Å². The average Bonchev–Trinajstić information content (AvgIpc) is 3.56. The third-order valence-corrected chi connectivity index (χ3v) is 16.5. The number of primary amides is 1. The number of nitrogens with zero attached hydrogens (tertiary/aromatic N) is 3. The highest BCUT2D eigenvalue weighted by atomic mass is 16.5. The number of carbonyl (C=O) groups excluding carboxylic acids is 2. The Morgan fingerprint density at radius 1 is 1.13 bits per heavy atom. The van der Waals surface area contributed by atoms with Crippen molar-refractivity contribution in [3.63, 3.8) is 0 Å². The van der Waals surface area contributed by atoms with Gasteiger partial charge in [-0.1, -0.05) is 74.8 Å². The first kappa shape index (κ1) is 39.1. The van der Waals surface area contributed by atoms with Crippen LogP contribution in [-0.4, -0.2) is 75.5 Å². The monoisotopic (exact) mass is 723 g/mol. The van der Waals surface area contributed by atoms with Gasteiger partial charge in [-0.05, 0) is 92.1 Å². The minimum Gasteiger partial charge on any atom is -0.481 e. The number of carboxylic acid groups (broad SMARTS) is 1. The number of fused-ring (bicyclic) bond motifs is 3. The molecule has 5 aliphatic rings. The van der Waals surface area contributed by atoms with E-state index in [9.17, 15) is 14.7 Å². The van der Waals surface area contributed by atoms with Crippen molar-refractivity contribution in [2.75, 3.05) is 26.4 Å². The second-order valence-corrected chi connectivity index (χ2v) is 19.2. The Hall–Kier alpha value is -2.63. The van der Waals surface area contributed by atoms with E-state index in [1.807, 2.05) is 13.0 Å². The van der Waals surface area contributed by atoms with E-state index in [0.29, 0.717) is 26.2 Å². The van der Waals surface area contributed by atoms with Crippen molar-refractivity contribution in [3.05, 3.63) is 23.8 Å². The van der Waals surface area contributed by atoms with Crippen LogP contribution < -0.4 is 11.1 Å². The first-order valence-corrected chi connectivity index (χ1v) is 19.8. The topological polar surface area (TPSA) is 159 Å². The molecule has 11 nitrogen and oxygen atoms in total. The molecule has 0 spiro atoms. The lowest BCUT2D eigenvalue weighted by atomic mass is 9.34. The Kier molecular flexibility index (Phi) is 9.77. The van der Waals surface area contributed by atoms with Gasteiger partial charge in [-0.15, -0.1) is 0 Å². The van der Waals surface area contributed by atoms with Gasteiger partial charge in [0.05, 0.1) is 37.9 Å². The van der Waals surface area contributed by atoms with Crippen LogP contribution in [0.5, 0.6) is 0 Å². The fourth-order valence-electron chi connectivity index (χ4n) is 12.7. The number of hydrogen-bond acceptors (Lipinski definition) is 8. The van der Waals surface area contributed by atoms with E-state index < -0.39 is 50.9 Å². The predicted octanol–water partition coefficient (Wildman–Crippen LogP) is 6.10. The summed E-state index contributed by atoms with van der Waals surface area (Å²) in [6.07, 6.45) is 6.69. The maximum Gasteiger partial charge on any atom is 0.308 e. The van der Waals surface area contributed by atoms with Crippen LogP contribution in [0.4, 0.5) is 0 Å². The molecule has 6 rings (SSSR count). The normalized spacial score (nSPS) is 41.8. The highest BCUT2D eigenvalue weighted by Gasteiger charge is 2.74. The number of allylic oxidation sites excluding steroid dienone is 1. The Labute approximate surface area is 310 Å². The number of aromatic nitrogens is 3. The first-order valence-electron chi connectivity index (χ1n) is 19.8. The number of nitrogens with one attached hydrogen (secondary N) is 1. The van der Waals surface area contributed by atoms with Crippen LogP contribution in [0.1, 0.15) is 125 Å². The number of hydrogen-bond donors (Lipinski definition) is 3.